The fourth-order valence-electron chi connectivity index (χ4n) is 3.99. The third kappa shape index (κ3) is 3.28. The van der Waals surface area contributed by atoms with Crippen LogP contribution in [-0.2, 0) is 19.5 Å². The maximum atomic E-state index is 13.2. The van der Waals surface area contributed by atoms with Crippen LogP contribution >= 0.6 is 0 Å². The van der Waals surface area contributed by atoms with Gasteiger partial charge in [0.2, 0.25) is 0 Å². The first kappa shape index (κ1) is 19.1. The molecule has 1 aliphatic rings. The number of nitrogens with zero attached hydrogens (tertiary/aromatic N) is 5. The van der Waals surface area contributed by atoms with E-state index in [9.17, 15) is 9.59 Å². The lowest BCUT2D eigenvalue weighted by Crippen LogP contribution is -2.26. The van der Waals surface area contributed by atoms with E-state index in [0.717, 1.165) is 34.6 Å². The van der Waals surface area contributed by atoms with Gasteiger partial charge in [-0.3, -0.25) is 9.59 Å². The second kappa shape index (κ2) is 7.43. The first-order valence-electron chi connectivity index (χ1n) is 10.3. The summed E-state index contributed by atoms with van der Waals surface area (Å²) in [6, 6.07) is 14.5. The minimum Gasteiger partial charge on any atom is -0.328 e. The molecule has 3 heterocycles. The molecule has 4 aromatic rings. The number of hydrogen-bond donors (Lipinski definition) is 0. The molecule has 7 heteroatoms. The Morgan fingerprint density at radius 1 is 1.06 bits per heavy atom. The van der Waals surface area contributed by atoms with Gasteiger partial charge in [0.05, 0.1) is 29.0 Å². The predicted octanol–water partition coefficient (Wildman–Crippen LogP) is 3.20. The van der Waals surface area contributed by atoms with Gasteiger partial charge < -0.3 is 4.90 Å². The van der Waals surface area contributed by atoms with Crippen molar-refractivity contribution in [1.82, 2.24) is 24.6 Å². The topological polar surface area (TPSA) is 81.0 Å². The molecule has 31 heavy (non-hydrogen) atoms. The molecule has 2 aromatic carbocycles. The molecule has 0 aliphatic carbocycles. The van der Waals surface area contributed by atoms with Gasteiger partial charge in [-0.2, -0.15) is 9.78 Å². The van der Waals surface area contributed by atoms with E-state index in [4.69, 9.17) is 0 Å². The molecule has 2 aromatic heterocycles. The maximum absolute atomic E-state index is 13.2. The number of benzene rings is 2. The van der Waals surface area contributed by atoms with Gasteiger partial charge in [-0.25, -0.2) is 9.97 Å². The summed E-state index contributed by atoms with van der Waals surface area (Å²) in [6.45, 7) is 4.83. The van der Waals surface area contributed by atoms with E-state index in [0.29, 0.717) is 29.7 Å². The number of rotatable bonds is 3. The predicted molar refractivity (Wildman–Crippen MR) is 117 cm³/mol. The van der Waals surface area contributed by atoms with E-state index in [1.807, 2.05) is 38.2 Å². The molecule has 0 spiro atoms. The molecule has 1 amide bonds. The monoisotopic (exact) mass is 411 g/mol. The third-order valence-electron chi connectivity index (χ3n) is 5.64. The first-order valence-corrected chi connectivity index (χ1v) is 10.3. The Labute approximate surface area is 179 Å². The van der Waals surface area contributed by atoms with Gasteiger partial charge in [0.15, 0.2) is 0 Å². The quantitative estimate of drug-likeness (QED) is 0.517. The molecule has 5 rings (SSSR count). The summed E-state index contributed by atoms with van der Waals surface area (Å²) >= 11 is 0. The van der Waals surface area contributed by atoms with Crippen LogP contribution in [0.2, 0.25) is 0 Å². The van der Waals surface area contributed by atoms with E-state index in [2.05, 4.69) is 15.1 Å². The zero-order chi connectivity index (χ0) is 21.5. The SMILES string of the molecule is CCc1ncc2c(n1)CN(C(=O)c1cccc(-n3nc(C)c4ccccc4c3=O)c1)C2. The largest absolute Gasteiger partial charge is 0.328 e. The number of fused-ring (bicyclic) bond motifs is 2. The summed E-state index contributed by atoms with van der Waals surface area (Å²) in [6.07, 6.45) is 2.57. The van der Waals surface area contributed by atoms with Gasteiger partial charge in [0.1, 0.15) is 5.82 Å². The van der Waals surface area contributed by atoms with Gasteiger partial charge in [-0.05, 0) is 31.2 Å². The molecule has 0 N–H and O–H groups in total. The van der Waals surface area contributed by atoms with E-state index < -0.39 is 0 Å². The number of aryl methyl sites for hydroxylation is 2. The molecule has 0 atom stereocenters. The van der Waals surface area contributed by atoms with Crippen LogP contribution < -0.4 is 5.56 Å². The van der Waals surface area contributed by atoms with Crippen molar-refractivity contribution in [3.05, 3.63) is 93.4 Å². The van der Waals surface area contributed by atoms with Crippen LogP contribution in [0, 0.1) is 6.92 Å². The van der Waals surface area contributed by atoms with Crippen molar-refractivity contribution in [2.45, 2.75) is 33.4 Å². The van der Waals surface area contributed by atoms with Crippen molar-refractivity contribution in [2.75, 3.05) is 0 Å². The van der Waals surface area contributed by atoms with Gasteiger partial charge >= 0.3 is 0 Å². The molecule has 1 aliphatic heterocycles. The van der Waals surface area contributed by atoms with Gasteiger partial charge in [0, 0.05) is 35.7 Å². The highest BCUT2D eigenvalue weighted by Crippen LogP contribution is 2.23. The third-order valence-corrected chi connectivity index (χ3v) is 5.64. The van der Waals surface area contributed by atoms with Crippen LogP contribution in [0.25, 0.3) is 16.5 Å². The number of aromatic nitrogens is 4. The van der Waals surface area contributed by atoms with Crippen LogP contribution in [0.15, 0.2) is 59.5 Å². The van der Waals surface area contributed by atoms with Crippen LogP contribution in [0.4, 0.5) is 0 Å². The summed E-state index contributed by atoms with van der Waals surface area (Å²) in [7, 11) is 0. The van der Waals surface area contributed by atoms with E-state index in [-0.39, 0.29) is 11.5 Å². The number of carbonyl (C=O) groups is 1. The van der Waals surface area contributed by atoms with Crippen molar-refractivity contribution in [2.24, 2.45) is 0 Å². The lowest BCUT2D eigenvalue weighted by molar-refractivity contribution is 0.0750. The van der Waals surface area contributed by atoms with Gasteiger partial charge in [-0.15, -0.1) is 0 Å². The molecule has 0 fully saturated rings. The Balaban J connectivity index is 1.49. The minimum atomic E-state index is -0.207. The van der Waals surface area contributed by atoms with Gasteiger partial charge in [0.25, 0.3) is 11.5 Å². The Morgan fingerprint density at radius 3 is 2.68 bits per heavy atom. The fraction of sp³-hybridized carbons (Fsp3) is 0.208. The average Bonchev–Trinajstić information content (AvgIpc) is 3.24. The highest BCUT2D eigenvalue weighted by Gasteiger charge is 2.26. The van der Waals surface area contributed by atoms with E-state index >= 15 is 0 Å². The highest BCUT2D eigenvalue weighted by atomic mass is 16.2. The summed E-state index contributed by atoms with van der Waals surface area (Å²) in [5.41, 5.74) is 3.50. The normalized spacial score (nSPS) is 12.9. The Bertz CT molecular complexity index is 1390. The van der Waals surface area contributed by atoms with Crippen LogP contribution in [0.5, 0.6) is 0 Å². The van der Waals surface area contributed by atoms with E-state index in [1.165, 1.54) is 4.68 Å². The van der Waals surface area contributed by atoms with Gasteiger partial charge in [-0.1, -0.05) is 31.2 Å². The Hall–Kier alpha value is -3.87. The minimum absolute atomic E-state index is 0.108. The molecule has 7 nitrogen and oxygen atoms in total. The maximum Gasteiger partial charge on any atom is 0.279 e. The smallest absolute Gasteiger partial charge is 0.279 e. The molecule has 0 radical (unpaired) electrons. The van der Waals surface area contributed by atoms with Crippen molar-refractivity contribution < 1.29 is 4.79 Å². The molecule has 0 unspecified atom stereocenters. The second-order valence-corrected chi connectivity index (χ2v) is 7.67. The molecular formula is C24H21N5O2. The Morgan fingerprint density at radius 2 is 1.87 bits per heavy atom. The lowest BCUT2D eigenvalue weighted by Gasteiger charge is -2.16. The van der Waals surface area contributed by atoms with Crippen LogP contribution in [0.3, 0.4) is 0 Å². The summed E-state index contributed by atoms with van der Waals surface area (Å²) in [4.78, 5) is 36.8. The molecule has 0 saturated carbocycles. The fourth-order valence-corrected chi connectivity index (χ4v) is 3.99. The zero-order valence-electron chi connectivity index (χ0n) is 17.4. The van der Waals surface area contributed by atoms with Crippen molar-refractivity contribution in [3.63, 3.8) is 0 Å². The zero-order valence-corrected chi connectivity index (χ0v) is 17.4. The number of hydrogen-bond acceptors (Lipinski definition) is 5. The number of amides is 1. The highest BCUT2D eigenvalue weighted by molar-refractivity contribution is 5.95. The van der Waals surface area contributed by atoms with Crippen LogP contribution in [-0.4, -0.2) is 30.6 Å². The second-order valence-electron chi connectivity index (χ2n) is 7.67. The van der Waals surface area contributed by atoms with Crippen molar-refractivity contribution >= 4 is 16.7 Å². The first-order chi connectivity index (χ1) is 15.0. The van der Waals surface area contributed by atoms with Crippen molar-refractivity contribution in [3.8, 4) is 5.69 Å². The summed E-state index contributed by atoms with van der Waals surface area (Å²) in [5.74, 6) is 0.677. The molecule has 154 valence electrons. The molecular weight excluding hydrogens is 390 g/mol. The number of carbonyl (C=O) groups excluding carboxylic acids is 1. The standard InChI is InChI=1S/C24H21N5O2/c1-3-22-25-12-17-13-28(14-21(17)26-22)23(30)16-7-6-8-18(11-16)29-24(31)20-10-5-4-9-19(20)15(2)27-29/h4-12H,3,13-14H2,1-2H3. The average molecular weight is 411 g/mol. The lowest BCUT2D eigenvalue weighted by atomic mass is 10.1. The summed E-state index contributed by atoms with van der Waals surface area (Å²) in [5, 5.41) is 5.92. The van der Waals surface area contributed by atoms with Crippen molar-refractivity contribution in [1.29, 1.82) is 0 Å². The Kier molecular flexibility index (Phi) is 4.58. The van der Waals surface area contributed by atoms with Crippen LogP contribution in [0.1, 0.15) is 40.1 Å². The molecule has 0 bridgehead atoms. The summed E-state index contributed by atoms with van der Waals surface area (Å²) < 4.78 is 1.37. The van der Waals surface area contributed by atoms with E-state index in [1.54, 1.807) is 35.2 Å². The molecule has 0 saturated heterocycles.